The lowest BCUT2D eigenvalue weighted by Gasteiger charge is -2.05. The van der Waals surface area contributed by atoms with Gasteiger partial charge in [-0.05, 0) is 17.2 Å². The maximum absolute atomic E-state index is 11.1. The number of aliphatic carboxylic acids is 1. The van der Waals surface area contributed by atoms with E-state index in [1.165, 1.54) is 13.1 Å². The first-order valence-electron chi connectivity index (χ1n) is 5.11. The highest BCUT2D eigenvalue weighted by atomic mass is 32.2. The molecular formula is C11H14N2O4S. The summed E-state index contributed by atoms with van der Waals surface area (Å²) in [6.45, 7) is 0.173. The van der Waals surface area contributed by atoms with Crippen molar-refractivity contribution in [3.05, 3.63) is 41.5 Å². The van der Waals surface area contributed by atoms with Gasteiger partial charge < -0.3 is 5.11 Å². The van der Waals surface area contributed by atoms with Crippen molar-refractivity contribution < 1.29 is 18.3 Å². The molecule has 0 unspecified atom stereocenters. The second-order valence-corrected chi connectivity index (χ2v) is 5.15. The van der Waals surface area contributed by atoms with Gasteiger partial charge in [-0.15, -0.1) is 0 Å². The zero-order valence-electron chi connectivity index (χ0n) is 9.75. The number of carboxylic acids is 1. The summed E-state index contributed by atoms with van der Waals surface area (Å²) in [5.41, 5.74) is 1.51. The van der Waals surface area contributed by atoms with Crippen molar-refractivity contribution in [1.29, 1.82) is 0 Å². The molecule has 0 bridgehead atoms. The fraction of sp³-hybridized carbons (Fsp3) is 0.182. The third-order valence-electron chi connectivity index (χ3n) is 2.13. The molecule has 18 heavy (non-hydrogen) atoms. The summed E-state index contributed by atoms with van der Waals surface area (Å²) in [7, 11) is -2.12. The van der Waals surface area contributed by atoms with E-state index in [9.17, 15) is 13.2 Å². The van der Waals surface area contributed by atoms with E-state index in [2.05, 4.69) is 9.44 Å². The van der Waals surface area contributed by atoms with Crippen molar-refractivity contribution in [3.63, 3.8) is 0 Å². The van der Waals surface area contributed by atoms with E-state index in [1.54, 1.807) is 24.3 Å². The van der Waals surface area contributed by atoms with Gasteiger partial charge in [0.05, 0.1) is 0 Å². The van der Waals surface area contributed by atoms with Crippen molar-refractivity contribution in [1.82, 2.24) is 9.44 Å². The van der Waals surface area contributed by atoms with Gasteiger partial charge in [0.15, 0.2) is 0 Å². The first-order chi connectivity index (χ1) is 8.43. The van der Waals surface area contributed by atoms with Crippen molar-refractivity contribution >= 4 is 22.3 Å². The molecule has 1 aromatic carbocycles. The molecule has 0 saturated carbocycles. The zero-order chi connectivity index (χ0) is 13.6. The third kappa shape index (κ3) is 5.09. The van der Waals surface area contributed by atoms with Crippen LogP contribution in [0.4, 0.5) is 0 Å². The maximum atomic E-state index is 11.1. The largest absolute Gasteiger partial charge is 0.478 e. The van der Waals surface area contributed by atoms with Gasteiger partial charge in [0.1, 0.15) is 0 Å². The molecule has 0 radical (unpaired) electrons. The van der Waals surface area contributed by atoms with E-state index in [0.29, 0.717) is 0 Å². The fourth-order valence-electron chi connectivity index (χ4n) is 1.16. The molecule has 0 saturated heterocycles. The Morgan fingerprint density at radius 2 is 1.94 bits per heavy atom. The Bertz CT molecular complexity index is 535. The molecular weight excluding hydrogens is 256 g/mol. The van der Waals surface area contributed by atoms with Gasteiger partial charge in [0.2, 0.25) is 0 Å². The molecule has 98 valence electrons. The summed E-state index contributed by atoms with van der Waals surface area (Å²) in [6, 6.07) is 6.87. The van der Waals surface area contributed by atoms with Crippen LogP contribution in [0, 0.1) is 0 Å². The minimum atomic E-state index is -3.44. The number of carboxylic acid groups (broad SMARTS) is 1. The molecule has 0 aliphatic rings. The van der Waals surface area contributed by atoms with Crippen LogP contribution in [0.2, 0.25) is 0 Å². The van der Waals surface area contributed by atoms with E-state index < -0.39 is 16.2 Å². The predicted octanol–water partition coefficient (Wildman–Crippen LogP) is 0.338. The van der Waals surface area contributed by atoms with Gasteiger partial charge in [0, 0.05) is 19.7 Å². The average Bonchev–Trinajstić information content (AvgIpc) is 2.35. The second-order valence-electron chi connectivity index (χ2n) is 3.44. The lowest BCUT2D eigenvalue weighted by molar-refractivity contribution is -0.131. The Kier molecular flexibility index (Phi) is 5.02. The van der Waals surface area contributed by atoms with Gasteiger partial charge in [-0.25, -0.2) is 9.52 Å². The lowest BCUT2D eigenvalue weighted by atomic mass is 10.1. The molecule has 0 aliphatic heterocycles. The standard InChI is InChI=1S/C11H14N2O4S/c1-12-18(16,17)13-8-10-4-2-9(3-5-10)6-7-11(14)15/h2-7,12-13H,8H2,1H3,(H,14,15)/b7-6+. The summed E-state index contributed by atoms with van der Waals surface area (Å²) in [6.07, 6.45) is 2.50. The van der Waals surface area contributed by atoms with Crippen LogP contribution in [0.3, 0.4) is 0 Å². The molecule has 6 nitrogen and oxygen atoms in total. The molecule has 0 atom stereocenters. The van der Waals surface area contributed by atoms with Crippen LogP contribution >= 0.6 is 0 Å². The van der Waals surface area contributed by atoms with Crippen molar-refractivity contribution in [2.45, 2.75) is 6.54 Å². The molecule has 1 aromatic rings. The molecule has 3 N–H and O–H groups in total. The monoisotopic (exact) mass is 270 g/mol. The first-order valence-corrected chi connectivity index (χ1v) is 6.59. The van der Waals surface area contributed by atoms with Crippen molar-refractivity contribution in [2.75, 3.05) is 7.05 Å². The number of hydrogen-bond donors (Lipinski definition) is 3. The van der Waals surface area contributed by atoms with Gasteiger partial charge in [-0.3, -0.25) is 0 Å². The Balaban J connectivity index is 2.64. The minimum Gasteiger partial charge on any atom is -0.478 e. The van der Waals surface area contributed by atoms with E-state index in [4.69, 9.17) is 5.11 Å². The zero-order valence-corrected chi connectivity index (χ0v) is 10.6. The van der Waals surface area contributed by atoms with Crippen LogP contribution in [0.5, 0.6) is 0 Å². The smallest absolute Gasteiger partial charge is 0.328 e. The number of carbonyl (C=O) groups is 1. The summed E-state index contributed by atoms with van der Waals surface area (Å²) >= 11 is 0. The fourth-order valence-corrected chi connectivity index (χ4v) is 1.67. The Labute approximate surface area is 106 Å². The minimum absolute atomic E-state index is 0.173. The highest BCUT2D eigenvalue weighted by molar-refractivity contribution is 7.87. The van der Waals surface area contributed by atoms with Crippen LogP contribution in [0.1, 0.15) is 11.1 Å². The quantitative estimate of drug-likeness (QED) is 0.649. The highest BCUT2D eigenvalue weighted by Gasteiger charge is 2.04. The number of rotatable bonds is 6. The number of benzene rings is 1. The Morgan fingerprint density at radius 3 is 2.44 bits per heavy atom. The summed E-state index contributed by atoms with van der Waals surface area (Å²) in [4.78, 5) is 10.3. The SMILES string of the molecule is CNS(=O)(=O)NCc1ccc(/C=C/C(=O)O)cc1. The second kappa shape index (κ2) is 6.29. The number of nitrogens with one attached hydrogen (secondary N) is 2. The topological polar surface area (TPSA) is 95.5 Å². The van der Waals surface area contributed by atoms with Crippen LogP contribution in [-0.2, 0) is 21.5 Å². The predicted molar refractivity (Wildman–Crippen MR) is 67.9 cm³/mol. The van der Waals surface area contributed by atoms with Crippen LogP contribution in [0.25, 0.3) is 6.08 Å². The molecule has 0 spiro atoms. The summed E-state index contributed by atoms with van der Waals surface area (Å²) in [5.74, 6) is -1.01. The van der Waals surface area contributed by atoms with Crippen molar-refractivity contribution in [3.8, 4) is 0 Å². The summed E-state index contributed by atoms with van der Waals surface area (Å²) in [5, 5.41) is 8.46. The van der Waals surface area contributed by atoms with E-state index in [0.717, 1.165) is 17.2 Å². The molecule has 0 aromatic heterocycles. The van der Waals surface area contributed by atoms with Crippen LogP contribution in [-0.4, -0.2) is 26.5 Å². The normalized spacial score (nSPS) is 11.8. The lowest BCUT2D eigenvalue weighted by Crippen LogP contribution is -2.33. The van der Waals surface area contributed by atoms with Gasteiger partial charge in [-0.2, -0.15) is 13.1 Å². The van der Waals surface area contributed by atoms with Gasteiger partial charge in [0.25, 0.3) is 10.2 Å². The Morgan fingerprint density at radius 1 is 1.33 bits per heavy atom. The molecule has 7 heteroatoms. The first kappa shape index (κ1) is 14.4. The molecule has 0 aliphatic carbocycles. The van der Waals surface area contributed by atoms with Crippen LogP contribution < -0.4 is 9.44 Å². The van der Waals surface area contributed by atoms with Gasteiger partial charge >= 0.3 is 5.97 Å². The molecule has 0 heterocycles. The van der Waals surface area contributed by atoms with Crippen LogP contribution in [0.15, 0.2) is 30.3 Å². The number of hydrogen-bond acceptors (Lipinski definition) is 3. The molecule has 0 amide bonds. The molecule has 1 rings (SSSR count). The Hall–Kier alpha value is -1.70. The van der Waals surface area contributed by atoms with Crippen molar-refractivity contribution in [2.24, 2.45) is 0 Å². The summed E-state index contributed by atoms with van der Waals surface area (Å²) < 4.78 is 26.7. The van der Waals surface area contributed by atoms with Gasteiger partial charge in [-0.1, -0.05) is 24.3 Å². The van der Waals surface area contributed by atoms with E-state index >= 15 is 0 Å². The third-order valence-corrected chi connectivity index (χ3v) is 3.19. The van der Waals surface area contributed by atoms with E-state index in [1.807, 2.05) is 0 Å². The highest BCUT2D eigenvalue weighted by Crippen LogP contribution is 2.06. The molecule has 0 fully saturated rings. The van der Waals surface area contributed by atoms with E-state index in [-0.39, 0.29) is 6.54 Å². The average molecular weight is 270 g/mol. The maximum Gasteiger partial charge on any atom is 0.328 e.